The third-order valence-electron chi connectivity index (χ3n) is 4.59. The molecule has 1 N–H and O–H groups in total. The van der Waals surface area contributed by atoms with Crippen LogP contribution in [-0.4, -0.2) is 45.3 Å². The van der Waals surface area contributed by atoms with Crippen molar-refractivity contribution in [3.63, 3.8) is 0 Å². The molecule has 3 rings (SSSR count). The van der Waals surface area contributed by atoms with E-state index in [1.165, 1.54) is 32.2 Å². The molecular weight excluding hydrogens is 238 g/mol. The Bertz CT molecular complexity index is 400. The number of hydrogen-bond donors (Lipinski definition) is 1. The van der Waals surface area contributed by atoms with E-state index >= 15 is 0 Å². The number of fused-ring (bicyclic) bond motifs is 1. The minimum absolute atomic E-state index is 0.721. The van der Waals surface area contributed by atoms with Gasteiger partial charge in [-0.15, -0.1) is 10.2 Å². The van der Waals surface area contributed by atoms with Crippen LogP contribution in [0.3, 0.4) is 0 Å². The number of hydrogen-bond acceptors (Lipinski definition) is 4. The highest BCUT2D eigenvalue weighted by molar-refractivity contribution is 4.91. The summed E-state index contributed by atoms with van der Waals surface area (Å²) in [5.41, 5.74) is 0. The lowest BCUT2D eigenvalue weighted by atomic mass is 9.84. The van der Waals surface area contributed by atoms with E-state index in [1.807, 2.05) is 6.33 Å². The summed E-state index contributed by atoms with van der Waals surface area (Å²) >= 11 is 0. The molecule has 1 aromatic rings. The Morgan fingerprint density at radius 1 is 1.32 bits per heavy atom. The molecule has 1 saturated carbocycles. The second-order valence-electron chi connectivity index (χ2n) is 5.88. The van der Waals surface area contributed by atoms with Gasteiger partial charge in [0.05, 0.1) is 6.54 Å². The predicted molar refractivity (Wildman–Crippen MR) is 74.7 cm³/mol. The van der Waals surface area contributed by atoms with Crippen molar-refractivity contribution in [1.82, 2.24) is 25.0 Å². The third kappa shape index (κ3) is 2.98. The standard InChI is InChI=1S/C14H25N5/c1-2-15-13-6-4-3-5-12(13)9-18-7-8-19-11-16-17-14(19)10-18/h11-13,15H,2-10H2,1H3. The zero-order valence-corrected chi connectivity index (χ0v) is 11.9. The normalized spacial score (nSPS) is 28.3. The SMILES string of the molecule is CCNC1CCCCC1CN1CCn2cnnc2C1. The molecule has 106 valence electrons. The molecule has 2 aliphatic rings. The van der Waals surface area contributed by atoms with Crippen molar-refractivity contribution < 1.29 is 0 Å². The molecule has 1 aliphatic carbocycles. The van der Waals surface area contributed by atoms with Crippen LogP contribution in [0, 0.1) is 5.92 Å². The van der Waals surface area contributed by atoms with Gasteiger partial charge in [0.1, 0.15) is 12.2 Å². The van der Waals surface area contributed by atoms with Crippen LogP contribution < -0.4 is 5.32 Å². The monoisotopic (exact) mass is 263 g/mol. The Labute approximate surface area is 115 Å². The van der Waals surface area contributed by atoms with Crippen molar-refractivity contribution in [2.75, 3.05) is 19.6 Å². The molecule has 5 heteroatoms. The van der Waals surface area contributed by atoms with Crippen LogP contribution in [0.1, 0.15) is 38.4 Å². The summed E-state index contributed by atoms with van der Waals surface area (Å²) in [6.45, 7) is 7.67. The van der Waals surface area contributed by atoms with Crippen LogP contribution in [0.5, 0.6) is 0 Å². The molecule has 2 atom stereocenters. The van der Waals surface area contributed by atoms with Crippen molar-refractivity contribution in [2.24, 2.45) is 5.92 Å². The van der Waals surface area contributed by atoms with E-state index < -0.39 is 0 Å². The Morgan fingerprint density at radius 3 is 3.11 bits per heavy atom. The van der Waals surface area contributed by atoms with Gasteiger partial charge in [0.25, 0.3) is 0 Å². The molecular formula is C14H25N5. The van der Waals surface area contributed by atoms with Gasteiger partial charge in [-0.1, -0.05) is 19.8 Å². The minimum atomic E-state index is 0.721. The zero-order chi connectivity index (χ0) is 13.1. The van der Waals surface area contributed by atoms with Gasteiger partial charge in [-0.3, -0.25) is 4.90 Å². The zero-order valence-electron chi connectivity index (χ0n) is 11.9. The number of nitrogens with zero attached hydrogens (tertiary/aromatic N) is 4. The maximum Gasteiger partial charge on any atom is 0.147 e. The molecule has 2 unspecified atom stereocenters. The maximum atomic E-state index is 4.21. The second-order valence-corrected chi connectivity index (χ2v) is 5.88. The van der Waals surface area contributed by atoms with E-state index in [0.29, 0.717) is 0 Å². The lowest BCUT2D eigenvalue weighted by Crippen LogP contribution is -2.45. The summed E-state index contributed by atoms with van der Waals surface area (Å²) in [4.78, 5) is 2.56. The largest absolute Gasteiger partial charge is 0.315 e. The van der Waals surface area contributed by atoms with Gasteiger partial charge in [-0.2, -0.15) is 0 Å². The van der Waals surface area contributed by atoms with E-state index in [-0.39, 0.29) is 0 Å². The van der Waals surface area contributed by atoms with Crippen LogP contribution in [0.2, 0.25) is 0 Å². The van der Waals surface area contributed by atoms with Crippen LogP contribution in [-0.2, 0) is 13.1 Å². The molecule has 0 saturated heterocycles. The van der Waals surface area contributed by atoms with E-state index in [9.17, 15) is 0 Å². The Morgan fingerprint density at radius 2 is 2.21 bits per heavy atom. The van der Waals surface area contributed by atoms with E-state index in [0.717, 1.165) is 44.0 Å². The highest BCUT2D eigenvalue weighted by Gasteiger charge is 2.27. The van der Waals surface area contributed by atoms with Crippen molar-refractivity contribution >= 4 is 0 Å². The first-order chi connectivity index (χ1) is 9.36. The molecule has 1 fully saturated rings. The van der Waals surface area contributed by atoms with Gasteiger partial charge in [-0.25, -0.2) is 0 Å². The van der Waals surface area contributed by atoms with E-state index in [4.69, 9.17) is 0 Å². The van der Waals surface area contributed by atoms with Crippen LogP contribution in [0.4, 0.5) is 0 Å². The summed E-state index contributed by atoms with van der Waals surface area (Å²) < 4.78 is 2.18. The smallest absolute Gasteiger partial charge is 0.147 e. The quantitative estimate of drug-likeness (QED) is 0.888. The van der Waals surface area contributed by atoms with Gasteiger partial charge >= 0.3 is 0 Å². The number of nitrogens with one attached hydrogen (secondary N) is 1. The molecule has 1 aromatic heterocycles. The second kappa shape index (κ2) is 6.01. The molecule has 0 aromatic carbocycles. The molecule has 0 bridgehead atoms. The Balaban J connectivity index is 1.58. The van der Waals surface area contributed by atoms with Gasteiger partial charge in [-0.05, 0) is 25.3 Å². The summed E-state index contributed by atoms with van der Waals surface area (Å²) in [5.74, 6) is 1.94. The highest BCUT2D eigenvalue weighted by atomic mass is 15.3. The van der Waals surface area contributed by atoms with Crippen LogP contribution >= 0.6 is 0 Å². The fourth-order valence-corrected chi connectivity index (χ4v) is 3.56. The first-order valence-corrected chi connectivity index (χ1v) is 7.69. The van der Waals surface area contributed by atoms with Crippen LogP contribution in [0.25, 0.3) is 0 Å². The van der Waals surface area contributed by atoms with Gasteiger partial charge in [0.15, 0.2) is 0 Å². The number of rotatable bonds is 4. The predicted octanol–water partition coefficient (Wildman–Crippen LogP) is 1.26. The Kier molecular flexibility index (Phi) is 4.13. The van der Waals surface area contributed by atoms with Crippen molar-refractivity contribution in [2.45, 2.75) is 51.7 Å². The molecule has 0 radical (unpaired) electrons. The molecule has 2 heterocycles. The first-order valence-electron chi connectivity index (χ1n) is 7.69. The average molecular weight is 263 g/mol. The molecule has 0 amide bonds. The summed E-state index contributed by atoms with van der Waals surface area (Å²) in [6.07, 6.45) is 7.37. The van der Waals surface area contributed by atoms with Crippen LogP contribution in [0.15, 0.2) is 6.33 Å². The summed E-state index contributed by atoms with van der Waals surface area (Å²) in [7, 11) is 0. The molecule has 5 nitrogen and oxygen atoms in total. The molecule has 0 spiro atoms. The molecule has 19 heavy (non-hydrogen) atoms. The fourth-order valence-electron chi connectivity index (χ4n) is 3.56. The van der Waals surface area contributed by atoms with Gasteiger partial charge in [0.2, 0.25) is 0 Å². The van der Waals surface area contributed by atoms with Crippen molar-refractivity contribution in [1.29, 1.82) is 0 Å². The fraction of sp³-hybridized carbons (Fsp3) is 0.857. The van der Waals surface area contributed by atoms with Crippen molar-refractivity contribution in [3.05, 3.63) is 12.2 Å². The third-order valence-corrected chi connectivity index (χ3v) is 4.59. The topological polar surface area (TPSA) is 46.0 Å². The van der Waals surface area contributed by atoms with E-state index in [1.54, 1.807) is 0 Å². The van der Waals surface area contributed by atoms with Gasteiger partial charge in [0, 0.05) is 25.7 Å². The van der Waals surface area contributed by atoms with Crippen molar-refractivity contribution in [3.8, 4) is 0 Å². The van der Waals surface area contributed by atoms with E-state index in [2.05, 4.69) is 31.9 Å². The number of aromatic nitrogens is 3. The lowest BCUT2D eigenvalue weighted by Gasteiger charge is -2.37. The summed E-state index contributed by atoms with van der Waals surface area (Å²) in [6, 6.07) is 0.721. The minimum Gasteiger partial charge on any atom is -0.315 e. The highest BCUT2D eigenvalue weighted by Crippen LogP contribution is 2.26. The maximum absolute atomic E-state index is 4.21. The average Bonchev–Trinajstić information content (AvgIpc) is 2.89. The Hall–Kier alpha value is -0.940. The molecule has 1 aliphatic heterocycles. The first kappa shape index (κ1) is 13.1. The lowest BCUT2D eigenvalue weighted by molar-refractivity contribution is 0.142. The summed E-state index contributed by atoms with van der Waals surface area (Å²) in [5, 5.41) is 11.9. The van der Waals surface area contributed by atoms with Gasteiger partial charge < -0.3 is 9.88 Å².